The Kier molecular flexibility index (Phi) is 9.69. The van der Waals surface area contributed by atoms with Crippen LogP contribution in [0, 0.1) is 5.92 Å². The van der Waals surface area contributed by atoms with Crippen molar-refractivity contribution in [3.8, 4) is 0 Å². The Labute approximate surface area is 60.2 Å². The third-order valence-electron chi connectivity index (χ3n) is 0.454. The molecule has 0 rings (SSSR count). The van der Waals surface area contributed by atoms with Gasteiger partial charge in [-0.2, -0.15) is 0 Å². The normalized spacial score (nSPS) is 7.67. The summed E-state index contributed by atoms with van der Waals surface area (Å²) in [5, 5.41) is -0.269. The van der Waals surface area contributed by atoms with Gasteiger partial charge in [-0.15, -0.1) is 0 Å². The molecule has 2 nitrogen and oxygen atoms in total. The van der Waals surface area contributed by atoms with E-state index in [2.05, 4.69) is 0 Å². The molecule has 54 valence electrons. The molecule has 0 saturated carbocycles. The second-order valence-corrected chi connectivity index (χ2v) is 2.07. The highest BCUT2D eigenvalue weighted by atomic mass is 35.5. The average molecular weight is 151 g/mol. The summed E-state index contributed by atoms with van der Waals surface area (Å²) in [6, 6.07) is 0. The van der Waals surface area contributed by atoms with E-state index in [-0.39, 0.29) is 11.2 Å². The summed E-state index contributed by atoms with van der Waals surface area (Å²) in [4.78, 5) is 18.7. The van der Waals surface area contributed by atoms with Crippen molar-refractivity contribution in [2.45, 2.75) is 20.8 Å². The Morgan fingerprint density at radius 2 is 1.67 bits per heavy atom. The summed E-state index contributed by atoms with van der Waals surface area (Å²) in [6.45, 7) is 4.96. The molecule has 0 N–H and O–H groups in total. The Morgan fingerprint density at radius 3 is 1.67 bits per heavy atom. The minimum Gasteiger partial charge on any atom is -0.304 e. The van der Waals surface area contributed by atoms with Gasteiger partial charge in [0.2, 0.25) is 5.24 Å². The summed E-state index contributed by atoms with van der Waals surface area (Å²) in [6.07, 6.45) is 0.750. The van der Waals surface area contributed by atoms with E-state index < -0.39 is 0 Å². The molecule has 9 heavy (non-hydrogen) atoms. The maximum Gasteiger partial charge on any atom is 0.224 e. The van der Waals surface area contributed by atoms with Gasteiger partial charge >= 0.3 is 0 Å². The van der Waals surface area contributed by atoms with Crippen LogP contribution < -0.4 is 0 Å². The predicted octanol–water partition coefficient (Wildman–Crippen LogP) is 1.61. The number of aldehydes is 1. The zero-order valence-corrected chi connectivity index (χ0v) is 6.61. The van der Waals surface area contributed by atoms with Gasteiger partial charge in [-0.25, -0.2) is 0 Å². The SMILES string of the molecule is CC(C)C(=O)Cl.CC=O. The zero-order valence-electron chi connectivity index (χ0n) is 5.85. The molecule has 0 fully saturated rings. The summed E-state index contributed by atoms with van der Waals surface area (Å²) in [7, 11) is 0. The molecular formula is C6H11ClO2. The molecule has 0 aromatic rings. The molecular weight excluding hydrogens is 140 g/mol. The highest BCUT2D eigenvalue weighted by molar-refractivity contribution is 6.63. The van der Waals surface area contributed by atoms with E-state index in [0.717, 1.165) is 6.29 Å². The van der Waals surface area contributed by atoms with E-state index in [1.54, 1.807) is 13.8 Å². The molecule has 0 unspecified atom stereocenters. The lowest BCUT2D eigenvalue weighted by molar-refractivity contribution is -0.114. The lowest BCUT2D eigenvalue weighted by atomic mass is 10.3. The van der Waals surface area contributed by atoms with Gasteiger partial charge in [-0.3, -0.25) is 4.79 Å². The summed E-state index contributed by atoms with van der Waals surface area (Å²) >= 11 is 4.97. The first-order valence-corrected chi connectivity index (χ1v) is 3.03. The van der Waals surface area contributed by atoms with Crippen molar-refractivity contribution in [1.29, 1.82) is 0 Å². The topological polar surface area (TPSA) is 34.1 Å². The van der Waals surface area contributed by atoms with Crippen LogP contribution in [0.1, 0.15) is 20.8 Å². The van der Waals surface area contributed by atoms with E-state index in [1.165, 1.54) is 6.92 Å². The lowest BCUT2D eigenvalue weighted by Crippen LogP contribution is -1.95. The fourth-order valence-electron chi connectivity index (χ4n) is 0. The maximum absolute atomic E-state index is 9.91. The monoisotopic (exact) mass is 150 g/mol. The Bertz CT molecular complexity index is 89.1. The zero-order chi connectivity index (χ0) is 7.86. The molecule has 0 aromatic carbocycles. The van der Waals surface area contributed by atoms with Crippen molar-refractivity contribution >= 4 is 23.1 Å². The molecule has 0 heterocycles. The quantitative estimate of drug-likeness (QED) is 0.421. The first-order valence-electron chi connectivity index (χ1n) is 2.65. The molecule has 0 aromatic heterocycles. The van der Waals surface area contributed by atoms with Gasteiger partial charge in [0.1, 0.15) is 6.29 Å². The van der Waals surface area contributed by atoms with Gasteiger partial charge in [0.15, 0.2) is 0 Å². The highest BCUT2D eigenvalue weighted by Crippen LogP contribution is 1.95. The van der Waals surface area contributed by atoms with Crippen molar-refractivity contribution in [1.82, 2.24) is 0 Å². The van der Waals surface area contributed by atoms with Crippen LogP contribution in [0.2, 0.25) is 0 Å². The van der Waals surface area contributed by atoms with Gasteiger partial charge in [0.25, 0.3) is 0 Å². The molecule has 0 bridgehead atoms. The van der Waals surface area contributed by atoms with Crippen LogP contribution in [0.5, 0.6) is 0 Å². The molecule has 0 atom stereocenters. The smallest absolute Gasteiger partial charge is 0.224 e. The third-order valence-corrected chi connectivity index (χ3v) is 0.890. The van der Waals surface area contributed by atoms with Crippen molar-refractivity contribution in [3.63, 3.8) is 0 Å². The largest absolute Gasteiger partial charge is 0.304 e. The number of hydrogen-bond donors (Lipinski definition) is 0. The van der Waals surface area contributed by atoms with Crippen molar-refractivity contribution in [2.24, 2.45) is 5.92 Å². The third kappa shape index (κ3) is 18.4. The lowest BCUT2D eigenvalue weighted by Gasteiger charge is -1.88. The molecule has 3 heteroatoms. The van der Waals surface area contributed by atoms with E-state index in [0.29, 0.717) is 0 Å². The van der Waals surface area contributed by atoms with Gasteiger partial charge < -0.3 is 4.79 Å². The van der Waals surface area contributed by atoms with Crippen LogP contribution in [0.25, 0.3) is 0 Å². The minimum atomic E-state index is -0.269. The Hall–Kier alpha value is -0.370. The number of carbonyl (C=O) groups is 2. The first kappa shape index (κ1) is 11.4. The van der Waals surface area contributed by atoms with E-state index >= 15 is 0 Å². The van der Waals surface area contributed by atoms with E-state index in [1.807, 2.05) is 0 Å². The van der Waals surface area contributed by atoms with Gasteiger partial charge in [0, 0.05) is 5.92 Å². The molecule has 0 aliphatic rings. The molecule has 0 radical (unpaired) electrons. The van der Waals surface area contributed by atoms with E-state index in [4.69, 9.17) is 16.4 Å². The second kappa shape index (κ2) is 7.63. The van der Waals surface area contributed by atoms with Gasteiger partial charge in [-0.05, 0) is 18.5 Å². The van der Waals surface area contributed by atoms with Crippen molar-refractivity contribution in [3.05, 3.63) is 0 Å². The van der Waals surface area contributed by atoms with Gasteiger partial charge in [0.05, 0.1) is 0 Å². The van der Waals surface area contributed by atoms with Gasteiger partial charge in [-0.1, -0.05) is 13.8 Å². The van der Waals surface area contributed by atoms with Crippen molar-refractivity contribution < 1.29 is 9.59 Å². The highest BCUT2D eigenvalue weighted by Gasteiger charge is 1.98. The summed E-state index contributed by atoms with van der Waals surface area (Å²) in [5.74, 6) is -0.0216. The standard InChI is InChI=1S/C4H7ClO.C2H4O/c1-3(2)4(5)6;1-2-3/h3H,1-2H3;2H,1H3. The van der Waals surface area contributed by atoms with Crippen LogP contribution in [0.3, 0.4) is 0 Å². The number of hydrogen-bond acceptors (Lipinski definition) is 2. The predicted molar refractivity (Wildman–Crippen MR) is 37.4 cm³/mol. The number of rotatable bonds is 1. The molecule has 0 aliphatic carbocycles. The van der Waals surface area contributed by atoms with Crippen LogP contribution >= 0.6 is 11.6 Å². The van der Waals surface area contributed by atoms with Crippen molar-refractivity contribution in [2.75, 3.05) is 0 Å². The average Bonchev–Trinajstić information content (AvgIpc) is 1.68. The maximum atomic E-state index is 9.91. The first-order chi connectivity index (χ1) is 4.06. The number of carbonyl (C=O) groups excluding carboxylic acids is 2. The summed E-state index contributed by atoms with van der Waals surface area (Å²) in [5.41, 5.74) is 0. The minimum absolute atomic E-state index is 0.0216. The van der Waals surface area contributed by atoms with Crippen LogP contribution in [-0.2, 0) is 9.59 Å². The van der Waals surface area contributed by atoms with E-state index in [9.17, 15) is 4.79 Å². The van der Waals surface area contributed by atoms with Crippen LogP contribution in [0.15, 0.2) is 0 Å². The molecule has 0 spiro atoms. The fraction of sp³-hybridized carbons (Fsp3) is 0.667. The fourth-order valence-corrected chi connectivity index (χ4v) is 0. The molecule has 0 aliphatic heterocycles. The summed E-state index contributed by atoms with van der Waals surface area (Å²) < 4.78 is 0. The Balaban J connectivity index is 0. The van der Waals surface area contributed by atoms with Crippen LogP contribution in [0.4, 0.5) is 0 Å². The molecule has 0 saturated heterocycles. The number of halogens is 1. The van der Waals surface area contributed by atoms with Crippen LogP contribution in [-0.4, -0.2) is 11.5 Å². The second-order valence-electron chi connectivity index (χ2n) is 1.69. The molecule has 0 amide bonds. The Morgan fingerprint density at radius 1 is 1.56 bits per heavy atom.